The maximum atomic E-state index is 12.3. The maximum Gasteiger partial charge on any atom is 0.253 e. The van der Waals surface area contributed by atoms with Gasteiger partial charge in [-0.25, -0.2) is 0 Å². The molecule has 18 heavy (non-hydrogen) atoms. The number of nitrogens with one attached hydrogen (secondary N) is 2. The van der Waals surface area contributed by atoms with Gasteiger partial charge in [-0.15, -0.1) is 12.4 Å². The van der Waals surface area contributed by atoms with Crippen LogP contribution in [0.5, 0.6) is 0 Å². The Hall–Kier alpha value is -0.850. The highest BCUT2D eigenvalue weighted by molar-refractivity contribution is 5.93. The number of amides is 2. The van der Waals surface area contributed by atoms with Gasteiger partial charge in [0, 0.05) is 26.2 Å². The molecule has 2 aliphatic rings. The number of hydrogen-bond acceptors (Lipinski definition) is 4. The average molecular weight is 278 g/mol. The van der Waals surface area contributed by atoms with Gasteiger partial charge in [-0.3, -0.25) is 9.59 Å². The molecule has 2 amide bonds. The van der Waals surface area contributed by atoms with Crippen LogP contribution in [-0.4, -0.2) is 61.1 Å². The molecule has 2 fully saturated rings. The third kappa shape index (κ3) is 2.76. The van der Waals surface area contributed by atoms with Gasteiger partial charge in [-0.1, -0.05) is 0 Å². The summed E-state index contributed by atoms with van der Waals surface area (Å²) >= 11 is 0. The highest BCUT2D eigenvalue weighted by Gasteiger charge is 2.42. The molecule has 2 aliphatic heterocycles. The highest BCUT2D eigenvalue weighted by atomic mass is 35.5. The summed E-state index contributed by atoms with van der Waals surface area (Å²) in [7, 11) is 0. The van der Waals surface area contributed by atoms with Crippen LogP contribution in [0.1, 0.15) is 13.8 Å². The predicted octanol–water partition coefficient (Wildman–Crippen LogP) is -0.866. The van der Waals surface area contributed by atoms with Crippen molar-refractivity contribution >= 4 is 24.2 Å². The van der Waals surface area contributed by atoms with Crippen molar-refractivity contribution in [2.75, 3.05) is 32.8 Å². The van der Waals surface area contributed by atoms with E-state index in [-0.39, 0.29) is 24.2 Å². The van der Waals surface area contributed by atoms with Gasteiger partial charge in [0.25, 0.3) is 5.91 Å². The first-order chi connectivity index (χ1) is 8.03. The first-order valence-electron chi connectivity index (χ1n) is 5.95. The van der Waals surface area contributed by atoms with Gasteiger partial charge >= 0.3 is 0 Å². The van der Waals surface area contributed by atoms with Crippen LogP contribution < -0.4 is 10.6 Å². The molecule has 104 valence electrons. The van der Waals surface area contributed by atoms with Crippen molar-refractivity contribution in [1.82, 2.24) is 15.5 Å². The highest BCUT2D eigenvalue weighted by Crippen LogP contribution is 2.19. The van der Waals surface area contributed by atoms with E-state index < -0.39 is 11.6 Å². The van der Waals surface area contributed by atoms with E-state index in [1.807, 2.05) is 0 Å². The predicted molar refractivity (Wildman–Crippen MR) is 68.7 cm³/mol. The Bertz CT molecular complexity index is 329. The number of ether oxygens (including phenoxy) is 1. The van der Waals surface area contributed by atoms with E-state index in [0.717, 1.165) is 6.54 Å². The topological polar surface area (TPSA) is 70.7 Å². The van der Waals surface area contributed by atoms with Crippen LogP contribution in [0.15, 0.2) is 0 Å². The molecule has 2 rings (SSSR count). The van der Waals surface area contributed by atoms with E-state index in [1.54, 1.807) is 18.7 Å². The maximum absolute atomic E-state index is 12.3. The molecule has 2 heterocycles. The summed E-state index contributed by atoms with van der Waals surface area (Å²) in [6.07, 6.45) is -0.464. The minimum absolute atomic E-state index is 0. The fraction of sp³-hybridized carbons (Fsp3) is 0.818. The molecule has 6 nitrogen and oxygen atoms in total. The number of carbonyl (C=O) groups excluding carboxylic acids is 2. The number of nitrogens with zero attached hydrogens (tertiary/aromatic N) is 1. The van der Waals surface area contributed by atoms with E-state index in [1.165, 1.54) is 0 Å². The normalized spacial score (nSPS) is 27.1. The van der Waals surface area contributed by atoms with Crippen molar-refractivity contribution in [2.24, 2.45) is 0 Å². The van der Waals surface area contributed by atoms with Crippen LogP contribution in [0.25, 0.3) is 0 Å². The molecule has 0 aromatic rings. The van der Waals surface area contributed by atoms with Gasteiger partial charge in [0.1, 0.15) is 11.6 Å². The number of rotatable bonds is 1. The summed E-state index contributed by atoms with van der Waals surface area (Å²) < 4.78 is 5.44. The Morgan fingerprint density at radius 3 is 2.78 bits per heavy atom. The minimum Gasteiger partial charge on any atom is -0.366 e. The Morgan fingerprint density at radius 2 is 2.17 bits per heavy atom. The lowest BCUT2D eigenvalue weighted by Gasteiger charge is -2.43. The van der Waals surface area contributed by atoms with Crippen LogP contribution >= 0.6 is 12.4 Å². The van der Waals surface area contributed by atoms with E-state index in [4.69, 9.17) is 4.74 Å². The van der Waals surface area contributed by atoms with Crippen LogP contribution in [0.2, 0.25) is 0 Å². The third-order valence-electron chi connectivity index (χ3n) is 3.32. The van der Waals surface area contributed by atoms with Gasteiger partial charge in [0.15, 0.2) is 0 Å². The summed E-state index contributed by atoms with van der Waals surface area (Å²) in [6, 6.07) is 0. The molecule has 1 atom stereocenters. The fourth-order valence-corrected chi connectivity index (χ4v) is 2.18. The van der Waals surface area contributed by atoms with E-state index in [0.29, 0.717) is 26.2 Å². The number of hydrogen-bond donors (Lipinski definition) is 2. The van der Waals surface area contributed by atoms with Crippen molar-refractivity contribution in [2.45, 2.75) is 25.5 Å². The number of morpholine rings is 1. The second kappa shape index (κ2) is 5.86. The van der Waals surface area contributed by atoms with E-state index in [9.17, 15) is 9.59 Å². The average Bonchev–Trinajstić information content (AvgIpc) is 2.33. The summed E-state index contributed by atoms with van der Waals surface area (Å²) in [6.45, 7) is 6.40. The molecule has 2 N–H and O–H groups in total. The summed E-state index contributed by atoms with van der Waals surface area (Å²) in [5, 5.41) is 5.89. The molecule has 0 aromatic heterocycles. The Morgan fingerprint density at radius 1 is 1.44 bits per heavy atom. The van der Waals surface area contributed by atoms with Crippen molar-refractivity contribution < 1.29 is 14.3 Å². The largest absolute Gasteiger partial charge is 0.366 e. The third-order valence-corrected chi connectivity index (χ3v) is 3.32. The SMILES string of the molecule is CC1(C)C(=O)NCCN1C(=O)C1CNCCO1.Cl. The second-order valence-corrected chi connectivity index (χ2v) is 4.87. The van der Waals surface area contributed by atoms with Gasteiger partial charge in [-0.05, 0) is 13.8 Å². The zero-order chi connectivity index (χ0) is 12.5. The van der Waals surface area contributed by atoms with Gasteiger partial charge in [0.2, 0.25) is 5.91 Å². The monoisotopic (exact) mass is 277 g/mol. The van der Waals surface area contributed by atoms with E-state index in [2.05, 4.69) is 10.6 Å². The van der Waals surface area contributed by atoms with Crippen molar-refractivity contribution in [1.29, 1.82) is 0 Å². The lowest BCUT2D eigenvalue weighted by molar-refractivity contribution is -0.158. The van der Waals surface area contributed by atoms with Crippen molar-refractivity contribution in [3.8, 4) is 0 Å². The summed E-state index contributed by atoms with van der Waals surface area (Å²) in [5.74, 6) is -0.210. The van der Waals surface area contributed by atoms with E-state index >= 15 is 0 Å². The summed E-state index contributed by atoms with van der Waals surface area (Å²) in [4.78, 5) is 25.7. The lowest BCUT2D eigenvalue weighted by atomic mass is 9.98. The molecule has 7 heteroatoms. The molecule has 0 aliphatic carbocycles. The molecule has 0 radical (unpaired) electrons. The molecular formula is C11H20ClN3O3. The molecule has 1 unspecified atom stereocenters. The molecule has 0 spiro atoms. The standard InChI is InChI=1S/C11H19N3O3.ClH/c1-11(2)10(16)13-3-5-14(11)9(15)8-7-12-4-6-17-8;/h8,12H,3-7H2,1-2H3,(H,13,16);1H. The quantitative estimate of drug-likeness (QED) is 0.654. The zero-order valence-electron chi connectivity index (χ0n) is 10.7. The first-order valence-corrected chi connectivity index (χ1v) is 5.95. The fourth-order valence-electron chi connectivity index (χ4n) is 2.18. The smallest absolute Gasteiger partial charge is 0.253 e. The first kappa shape index (κ1) is 15.2. The lowest BCUT2D eigenvalue weighted by Crippen LogP contribution is -2.66. The number of piperazine rings is 1. The molecule has 0 saturated carbocycles. The molecule has 0 bridgehead atoms. The Labute approximate surface area is 113 Å². The molecule has 2 saturated heterocycles. The van der Waals surface area contributed by atoms with Crippen LogP contribution in [0.4, 0.5) is 0 Å². The number of carbonyl (C=O) groups is 2. The number of halogens is 1. The van der Waals surface area contributed by atoms with Crippen LogP contribution in [0.3, 0.4) is 0 Å². The van der Waals surface area contributed by atoms with Gasteiger partial charge in [0.05, 0.1) is 6.61 Å². The van der Waals surface area contributed by atoms with Crippen LogP contribution in [-0.2, 0) is 14.3 Å². The van der Waals surface area contributed by atoms with Crippen LogP contribution in [0, 0.1) is 0 Å². The summed E-state index contributed by atoms with van der Waals surface area (Å²) in [5.41, 5.74) is -0.795. The second-order valence-electron chi connectivity index (χ2n) is 4.87. The van der Waals surface area contributed by atoms with Gasteiger partial charge < -0.3 is 20.3 Å². The Kier molecular flexibility index (Phi) is 4.95. The van der Waals surface area contributed by atoms with Gasteiger partial charge in [-0.2, -0.15) is 0 Å². The van der Waals surface area contributed by atoms with Crippen molar-refractivity contribution in [3.63, 3.8) is 0 Å². The molecule has 0 aromatic carbocycles. The van der Waals surface area contributed by atoms with Crippen molar-refractivity contribution in [3.05, 3.63) is 0 Å². The Balaban J connectivity index is 0.00000162. The zero-order valence-corrected chi connectivity index (χ0v) is 11.5. The molecular weight excluding hydrogens is 258 g/mol. The minimum atomic E-state index is -0.795.